The molecule has 10 heteroatoms. The van der Waals surface area contributed by atoms with E-state index in [4.69, 9.17) is 14.2 Å². The van der Waals surface area contributed by atoms with Gasteiger partial charge in [-0.1, -0.05) is 66.0 Å². The number of nitrogens with zero attached hydrogens (tertiary/aromatic N) is 2. The molecule has 0 aliphatic carbocycles. The van der Waals surface area contributed by atoms with Gasteiger partial charge in [-0.15, -0.1) is 0 Å². The number of carbonyl (C=O) groups is 3. The monoisotopic (exact) mass is 610 g/mol. The van der Waals surface area contributed by atoms with Gasteiger partial charge in [-0.25, -0.2) is 9.78 Å². The number of aromatic nitrogens is 1. The van der Waals surface area contributed by atoms with Crippen molar-refractivity contribution in [2.45, 2.75) is 26.5 Å². The number of methoxy groups -OCH3 is 1. The molecule has 0 saturated carbocycles. The van der Waals surface area contributed by atoms with Gasteiger partial charge in [0.1, 0.15) is 35.3 Å². The van der Waals surface area contributed by atoms with E-state index in [1.807, 2.05) is 31.2 Å². The van der Waals surface area contributed by atoms with Crippen molar-refractivity contribution in [3.05, 3.63) is 124 Å². The van der Waals surface area contributed by atoms with Crippen LogP contribution in [0.4, 0.5) is 5.13 Å². The molecule has 1 aliphatic rings. The Morgan fingerprint density at radius 3 is 2.36 bits per heavy atom. The number of ether oxygens (including phenoxy) is 3. The topological polar surface area (TPSA) is 115 Å². The van der Waals surface area contributed by atoms with Gasteiger partial charge in [-0.05, 0) is 61.4 Å². The Bertz CT molecular complexity index is 1760. The molecule has 44 heavy (non-hydrogen) atoms. The van der Waals surface area contributed by atoms with Gasteiger partial charge in [-0.2, -0.15) is 0 Å². The molecule has 0 spiro atoms. The summed E-state index contributed by atoms with van der Waals surface area (Å²) in [4.78, 5) is 45.2. The van der Waals surface area contributed by atoms with Gasteiger partial charge < -0.3 is 19.3 Å². The largest absolute Gasteiger partial charge is 0.507 e. The lowest BCUT2D eigenvalue weighted by atomic mass is 9.95. The van der Waals surface area contributed by atoms with Crippen LogP contribution < -0.4 is 14.4 Å². The Morgan fingerprint density at radius 2 is 1.70 bits per heavy atom. The second kappa shape index (κ2) is 13.0. The fraction of sp³-hybridized carbons (Fsp3) is 0.176. The standard InChI is InChI=1S/C34H30N2O7S/c1-5-17-42-25-13-9-23(10-14-25)28-27(30(38)32(39)36(28)34-35-21(3)31(44-34)33(40)41-4)29(37)24-11-15-26(16-12-24)43-19-22-8-6-7-20(2)18-22/h5-16,18,28,37H,1,17,19H2,2-4H3. The molecule has 1 aromatic heterocycles. The molecule has 1 saturated heterocycles. The maximum atomic E-state index is 13.5. The normalized spacial score (nSPS) is 15.7. The van der Waals surface area contributed by atoms with Crippen molar-refractivity contribution in [2.24, 2.45) is 0 Å². The molecule has 2 heterocycles. The number of amides is 1. The van der Waals surface area contributed by atoms with E-state index in [2.05, 4.69) is 11.6 Å². The van der Waals surface area contributed by atoms with Crippen LogP contribution in [0.2, 0.25) is 0 Å². The summed E-state index contributed by atoms with van der Waals surface area (Å²) < 4.78 is 16.3. The van der Waals surface area contributed by atoms with E-state index in [1.54, 1.807) is 61.5 Å². The van der Waals surface area contributed by atoms with Gasteiger partial charge in [0, 0.05) is 5.56 Å². The molecule has 3 aromatic carbocycles. The molecule has 9 nitrogen and oxygen atoms in total. The quantitative estimate of drug-likeness (QED) is 0.0730. The van der Waals surface area contributed by atoms with Crippen LogP contribution in [0, 0.1) is 13.8 Å². The van der Waals surface area contributed by atoms with Crippen LogP contribution in [0.5, 0.6) is 11.5 Å². The van der Waals surface area contributed by atoms with E-state index in [-0.39, 0.29) is 21.3 Å². The van der Waals surface area contributed by atoms with Crippen LogP contribution in [0.3, 0.4) is 0 Å². The minimum absolute atomic E-state index is 0.115. The lowest BCUT2D eigenvalue weighted by molar-refractivity contribution is -0.132. The molecule has 0 bridgehead atoms. The fourth-order valence-corrected chi connectivity index (χ4v) is 5.86. The second-order valence-corrected chi connectivity index (χ2v) is 11.0. The number of benzene rings is 3. The summed E-state index contributed by atoms with van der Waals surface area (Å²) >= 11 is 0.935. The average molecular weight is 611 g/mol. The van der Waals surface area contributed by atoms with Crippen LogP contribution in [-0.4, -0.2) is 41.5 Å². The molecular formula is C34H30N2O7S. The van der Waals surface area contributed by atoms with Gasteiger partial charge in [0.15, 0.2) is 5.13 Å². The van der Waals surface area contributed by atoms with Crippen molar-refractivity contribution in [1.29, 1.82) is 0 Å². The van der Waals surface area contributed by atoms with E-state index in [0.29, 0.717) is 41.5 Å². The minimum atomic E-state index is -1.03. The van der Waals surface area contributed by atoms with Gasteiger partial charge in [0.05, 0.1) is 24.4 Å². The predicted molar refractivity (Wildman–Crippen MR) is 167 cm³/mol. The summed E-state index contributed by atoms with van der Waals surface area (Å²) in [5.41, 5.74) is 3.24. The van der Waals surface area contributed by atoms with Crippen LogP contribution in [0.15, 0.2) is 91.0 Å². The molecule has 224 valence electrons. The van der Waals surface area contributed by atoms with Crippen molar-refractivity contribution >= 4 is 39.9 Å². The molecular weight excluding hydrogens is 580 g/mol. The summed E-state index contributed by atoms with van der Waals surface area (Å²) in [6.07, 6.45) is 1.62. The van der Waals surface area contributed by atoms with E-state index >= 15 is 0 Å². The number of hydrogen-bond acceptors (Lipinski definition) is 9. The van der Waals surface area contributed by atoms with Gasteiger partial charge in [0.2, 0.25) is 0 Å². The van der Waals surface area contributed by atoms with Crippen molar-refractivity contribution in [2.75, 3.05) is 18.6 Å². The highest BCUT2D eigenvalue weighted by molar-refractivity contribution is 7.17. The number of aliphatic hydroxyl groups is 1. The van der Waals surface area contributed by atoms with E-state index in [9.17, 15) is 19.5 Å². The molecule has 1 amide bonds. The smallest absolute Gasteiger partial charge is 0.350 e. The lowest BCUT2D eigenvalue weighted by Gasteiger charge is -2.23. The summed E-state index contributed by atoms with van der Waals surface area (Å²) in [7, 11) is 1.25. The molecule has 1 aliphatic heterocycles. The number of Topliss-reactive ketones (excluding diaryl/α,β-unsaturated/α-hetero) is 1. The van der Waals surface area contributed by atoms with Gasteiger partial charge in [-0.3, -0.25) is 14.5 Å². The summed E-state index contributed by atoms with van der Waals surface area (Å²) in [6.45, 7) is 7.94. The summed E-state index contributed by atoms with van der Waals surface area (Å²) in [6, 6.07) is 20.4. The Labute approximate surface area is 258 Å². The molecule has 1 N–H and O–H groups in total. The van der Waals surface area contributed by atoms with E-state index in [0.717, 1.165) is 22.5 Å². The number of aryl methyl sites for hydroxylation is 2. The first kappa shape index (κ1) is 30.2. The predicted octanol–water partition coefficient (Wildman–Crippen LogP) is 6.32. The van der Waals surface area contributed by atoms with Crippen LogP contribution in [0.1, 0.15) is 43.7 Å². The SMILES string of the molecule is C=CCOc1ccc(C2C(=C(O)c3ccc(OCc4cccc(C)c4)cc3)C(=O)C(=O)N2c2nc(C)c(C(=O)OC)s2)cc1. The third kappa shape index (κ3) is 6.11. The average Bonchev–Trinajstić information content (AvgIpc) is 3.54. The highest BCUT2D eigenvalue weighted by atomic mass is 32.1. The Kier molecular flexibility index (Phi) is 8.91. The molecule has 4 aromatic rings. The zero-order valence-electron chi connectivity index (χ0n) is 24.4. The molecule has 0 radical (unpaired) electrons. The fourth-order valence-electron chi connectivity index (χ4n) is 4.85. The van der Waals surface area contributed by atoms with Crippen LogP contribution in [0.25, 0.3) is 5.76 Å². The zero-order chi connectivity index (χ0) is 31.4. The first-order chi connectivity index (χ1) is 21.2. The van der Waals surface area contributed by atoms with Crippen molar-refractivity contribution in [1.82, 2.24) is 4.98 Å². The molecule has 1 unspecified atom stereocenters. The van der Waals surface area contributed by atoms with Crippen molar-refractivity contribution < 1.29 is 33.7 Å². The Hall–Kier alpha value is -5.22. The number of anilines is 1. The number of aliphatic hydroxyl groups excluding tert-OH is 1. The number of hydrogen-bond donors (Lipinski definition) is 1. The van der Waals surface area contributed by atoms with Crippen LogP contribution >= 0.6 is 11.3 Å². The Morgan fingerprint density at radius 1 is 1.02 bits per heavy atom. The Balaban J connectivity index is 1.53. The number of carbonyl (C=O) groups excluding carboxylic acids is 3. The summed E-state index contributed by atoms with van der Waals surface area (Å²) in [5.74, 6) is -1.59. The molecule has 1 atom stereocenters. The van der Waals surface area contributed by atoms with Gasteiger partial charge >= 0.3 is 11.9 Å². The maximum Gasteiger partial charge on any atom is 0.350 e. The highest BCUT2D eigenvalue weighted by Gasteiger charge is 2.48. The first-order valence-electron chi connectivity index (χ1n) is 13.7. The maximum absolute atomic E-state index is 13.5. The third-order valence-corrected chi connectivity index (χ3v) is 8.12. The third-order valence-electron chi connectivity index (χ3n) is 6.99. The first-order valence-corrected chi connectivity index (χ1v) is 14.5. The second-order valence-electron chi connectivity index (χ2n) is 10.0. The highest BCUT2D eigenvalue weighted by Crippen LogP contribution is 2.44. The zero-order valence-corrected chi connectivity index (χ0v) is 25.2. The minimum Gasteiger partial charge on any atom is -0.507 e. The summed E-state index contributed by atoms with van der Waals surface area (Å²) in [5, 5.41) is 11.6. The van der Waals surface area contributed by atoms with Crippen molar-refractivity contribution in [3.8, 4) is 11.5 Å². The van der Waals surface area contributed by atoms with E-state index < -0.39 is 23.7 Å². The number of thiazole rings is 1. The van der Waals surface area contributed by atoms with Crippen LogP contribution in [-0.2, 0) is 20.9 Å². The number of ketones is 1. The molecule has 1 fully saturated rings. The number of rotatable bonds is 10. The van der Waals surface area contributed by atoms with E-state index in [1.165, 1.54) is 12.0 Å². The lowest BCUT2D eigenvalue weighted by Crippen LogP contribution is -2.29. The van der Waals surface area contributed by atoms with Crippen molar-refractivity contribution in [3.63, 3.8) is 0 Å². The number of esters is 1. The molecule has 5 rings (SSSR count). The van der Waals surface area contributed by atoms with Gasteiger partial charge in [0.25, 0.3) is 5.78 Å².